The average molecular weight is 209 g/mol. The SMILES string of the molecule is NC1(C(=O)CC2CCCCC2)CCCC1. The van der Waals surface area contributed by atoms with Crippen LogP contribution in [-0.2, 0) is 4.79 Å². The lowest BCUT2D eigenvalue weighted by molar-refractivity contribution is -0.125. The summed E-state index contributed by atoms with van der Waals surface area (Å²) in [5.41, 5.74) is 5.74. The van der Waals surface area contributed by atoms with Gasteiger partial charge in [0.25, 0.3) is 0 Å². The highest BCUT2D eigenvalue weighted by Crippen LogP contribution is 2.33. The second-order valence-corrected chi connectivity index (χ2v) is 5.49. The fraction of sp³-hybridized carbons (Fsp3) is 0.923. The second kappa shape index (κ2) is 4.65. The summed E-state index contributed by atoms with van der Waals surface area (Å²) in [6, 6.07) is 0. The summed E-state index contributed by atoms with van der Waals surface area (Å²) in [7, 11) is 0. The highest BCUT2D eigenvalue weighted by molar-refractivity contribution is 5.88. The van der Waals surface area contributed by atoms with E-state index in [-0.39, 0.29) is 0 Å². The van der Waals surface area contributed by atoms with Gasteiger partial charge >= 0.3 is 0 Å². The summed E-state index contributed by atoms with van der Waals surface area (Å²) in [6.45, 7) is 0. The van der Waals surface area contributed by atoms with E-state index in [1.807, 2.05) is 0 Å². The first kappa shape index (κ1) is 11.1. The number of Topliss-reactive ketones (excluding diaryl/α,β-unsaturated/α-hetero) is 1. The summed E-state index contributed by atoms with van der Waals surface area (Å²) in [6.07, 6.45) is 11.4. The van der Waals surface area contributed by atoms with Crippen LogP contribution < -0.4 is 5.73 Å². The van der Waals surface area contributed by atoms with Gasteiger partial charge in [0, 0.05) is 6.42 Å². The van der Waals surface area contributed by atoms with E-state index in [1.165, 1.54) is 32.1 Å². The van der Waals surface area contributed by atoms with Crippen LogP contribution in [0.3, 0.4) is 0 Å². The standard InChI is InChI=1S/C13H23NO/c14-13(8-4-5-9-13)12(15)10-11-6-2-1-3-7-11/h11H,1-10,14H2. The molecule has 0 aromatic heterocycles. The molecule has 0 spiro atoms. The molecule has 0 amide bonds. The number of hydrogen-bond donors (Lipinski definition) is 1. The van der Waals surface area contributed by atoms with E-state index in [0.717, 1.165) is 32.1 Å². The van der Waals surface area contributed by atoms with Crippen molar-refractivity contribution in [2.75, 3.05) is 0 Å². The van der Waals surface area contributed by atoms with Crippen molar-refractivity contribution < 1.29 is 4.79 Å². The van der Waals surface area contributed by atoms with Crippen LogP contribution in [0.15, 0.2) is 0 Å². The van der Waals surface area contributed by atoms with Gasteiger partial charge < -0.3 is 5.73 Å². The molecule has 0 unspecified atom stereocenters. The van der Waals surface area contributed by atoms with E-state index in [9.17, 15) is 4.79 Å². The predicted octanol–water partition coefficient (Wildman–Crippen LogP) is 2.80. The predicted molar refractivity (Wildman–Crippen MR) is 61.6 cm³/mol. The summed E-state index contributed by atoms with van der Waals surface area (Å²) in [5.74, 6) is 0.999. The minimum atomic E-state index is -0.433. The molecule has 2 aliphatic rings. The topological polar surface area (TPSA) is 43.1 Å². The summed E-state index contributed by atoms with van der Waals surface area (Å²) in [5, 5.41) is 0. The molecule has 2 rings (SSSR count). The fourth-order valence-corrected chi connectivity index (χ4v) is 3.14. The van der Waals surface area contributed by atoms with E-state index in [4.69, 9.17) is 5.73 Å². The van der Waals surface area contributed by atoms with Gasteiger partial charge in [0.1, 0.15) is 0 Å². The molecular weight excluding hydrogens is 186 g/mol. The fourth-order valence-electron chi connectivity index (χ4n) is 3.14. The van der Waals surface area contributed by atoms with Crippen molar-refractivity contribution in [3.8, 4) is 0 Å². The van der Waals surface area contributed by atoms with Crippen LogP contribution in [-0.4, -0.2) is 11.3 Å². The minimum absolute atomic E-state index is 0.354. The number of carbonyl (C=O) groups excluding carboxylic acids is 1. The van der Waals surface area contributed by atoms with Crippen LogP contribution >= 0.6 is 0 Å². The molecule has 0 atom stereocenters. The third kappa shape index (κ3) is 2.60. The molecule has 0 bridgehead atoms. The van der Waals surface area contributed by atoms with Gasteiger partial charge in [0.2, 0.25) is 0 Å². The van der Waals surface area contributed by atoms with E-state index in [2.05, 4.69) is 0 Å². The highest BCUT2D eigenvalue weighted by Gasteiger charge is 2.37. The van der Waals surface area contributed by atoms with Crippen LogP contribution in [0.5, 0.6) is 0 Å². The molecule has 0 aliphatic heterocycles. The van der Waals surface area contributed by atoms with Crippen molar-refractivity contribution in [3.63, 3.8) is 0 Å². The molecule has 0 radical (unpaired) electrons. The average Bonchev–Trinajstić information content (AvgIpc) is 2.68. The van der Waals surface area contributed by atoms with Crippen molar-refractivity contribution in [3.05, 3.63) is 0 Å². The number of rotatable bonds is 3. The number of ketones is 1. The smallest absolute Gasteiger partial charge is 0.152 e. The Balaban J connectivity index is 1.85. The van der Waals surface area contributed by atoms with Crippen molar-refractivity contribution in [2.45, 2.75) is 69.7 Å². The monoisotopic (exact) mass is 209 g/mol. The lowest BCUT2D eigenvalue weighted by atomic mass is 9.81. The second-order valence-electron chi connectivity index (χ2n) is 5.49. The molecule has 2 fully saturated rings. The zero-order valence-electron chi connectivity index (χ0n) is 9.63. The van der Waals surface area contributed by atoms with E-state index in [1.54, 1.807) is 0 Å². The van der Waals surface area contributed by atoms with Gasteiger partial charge in [0.15, 0.2) is 5.78 Å². The molecule has 0 aromatic carbocycles. The van der Waals surface area contributed by atoms with Crippen molar-refractivity contribution >= 4 is 5.78 Å². The highest BCUT2D eigenvalue weighted by atomic mass is 16.1. The Labute approximate surface area is 92.6 Å². The summed E-state index contributed by atoms with van der Waals surface area (Å²) in [4.78, 5) is 12.1. The molecule has 0 heterocycles. The van der Waals surface area contributed by atoms with E-state index < -0.39 is 5.54 Å². The van der Waals surface area contributed by atoms with Crippen LogP contribution in [0.2, 0.25) is 0 Å². The van der Waals surface area contributed by atoms with E-state index in [0.29, 0.717) is 11.7 Å². The lowest BCUT2D eigenvalue weighted by Crippen LogP contribution is -2.45. The Bertz CT molecular complexity index is 225. The van der Waals surface area contributed by atoms with Gasteiger partial charge in [-0.2, -0.15) is 0 Å². The molecule has 2 heteroatoms. The Morgan fingerprint density at radius 3 is 2.27 bits per heavy atom. The van der Waals surface area contributed by atoms with Crippen molar-refractivity contribution in [2.24, 2.45) is 11.7 Å². The molecular formula is C13H23NO. The van der Waals surface area contributed by atoms with Gasteiger partial charge in [-0.3, -0.25) is 4.79 Å². The zero-order valence-corrected chi connectivity index (χ0v) is 9.63. The maximum absolute atomic E-state index is 12.1. The Morgan fingerprint density at radius 2 is 1.67 bits per heavy atom. The number of nitrogens with two attached hydrogens (primary N) is 1. The van der Waals surface area contributed by atoms with Crippen LogP contribution in [0.1, 0.15) is 64.2 Å². The van der Waals surface area contributed by atoms with Gasteiger partial charge in [-0.25, -0.2) is 0 Å². The van der Waals surface area contributed by atoms with Gasteiger partial charge in [-0.15, -0.1) is 0 Å². The summed E-state index contributed by atoms with van der Waals surface area (Å²) >= 11 is 0. The van der Waals surface area contributed by atoms with Gasteiger partial charge in [-0.05, 0) is 18.8 Å². The quantitative estimate of drug-likeness (QED) is 0.776. The zero-order chi connectivity index (χ0) is 10.7. The van der Waals surface area contributed by atoms with E-state index >= 15 is 0 Å². The Hall–Kier alpha value is -0.370. The Morgan fingerprint density at radius 1 is 1.07 bits per heavy atom. The minimum Gasteiger partial charge on any atom is -0.319 e. The van der Waals surface area contributed by atoms with Crippen LogP contribution in [0.25, 0.3) is 0 Å². The molecule has 2 N–H and O–H groups in total. The van der Waals surface area contributed by atoms with Gasteiger partial charge in [-0.1, -0.05) is 44.9 Å². The molecule has 2 saturated carbocycles. The third-order valence-electron chi connectivity index (χ3n) is 4.25. The van der Waals surface area contributed by atoms with Crippen molar-refractivity contribution in [1.29, 1.82) is 0 Å². The number of carbonyl (C=O) groups is 1. The molecule has 2 nitrogen and oxygen atoms in total. The normalized spacial score (nSPS) is 26.7. The maximum atomic E-state index is 12.1. The van der Waals surface area contributed by atoms with Crippen molar-refractivity contribution in [1.82, 2.24) is 0 Å². The first-order valence-corrected chi connectivity index (χ1v) is 6.53. The lowest BCUT2D eigenvalue weighted by Gasteiger charge is -2.27. The summed E-state index contributed by atoms with van der Waals surface area (Å²) < 4.78 is 0. The first-order valence-electron chi connectivity index (χ1n) is 6.53. The molecule has 0 aromatic rings. The largest absolute Gasteiger partial charge is 0.319 e. The molecule has 15 heavy (non-hydrogen) atoms. The molecule has 0 saturated heterocycles. The molecule has 86 valence electrons. The maximum Gasteiger partial charge on any atom is 0.152 e. The first-order chi connectivity index (χ1) is 7.21. The van der Waals surface area contributed by atoms with Crippen LogP contribution in [0, 0.1) is 5.92 Å². The molecule has 2 aliphatic carbocycles. The number of hydrogen-bond acceptors (Lipinski definition) is 2. The van der Waals surface area contributed by atoms with Crippen LogP contribution in [0.4, 0.5) is 0 Å². The Kier molecular flexibility index (Phi) is 3.45. The third-order valence-corrected chi connectivity index (χ3v) is 4.25. The van der Waals surface area contributed by atoms with Gasteiger partial charge in [0.05, 0.1) is 5.54 Å².